The van der Waals surface area contributed by atoms with Gasteiger partial charge >= 0.3 is 0 Å². The zero-order valence-corrected chi connectivity index (χ0v) is 31.0. The lowest BCUT2D eigenvalue weighted by Crippen LogP contribution is -2.58. The molecule has 1 unspecified atom stereocenters. The number of rotatable bonds is 11. The number of hydrogen-bond donors (Lipinski definition) is 3. The molecule has 15 nitrogen and oxygen atoms in total. The third kappa shape index (κ3) is 7.65. The van der Waals surface area contributed by atoms with Crippen LogP contribution in [0.1, 0.15) is 62.7 Å². The monoisotopic (exact) mass is 738 g/mol. The molecule has 0 saturated carbocycles. The zero-order chi connectivity index (χ0) is 37.2. The number of likely N-dealkylation sites (tertiary alicyclic amines) is 2. The summed E-state index contributed by atoms with van der Waals surface area (Å²) in [6.45, 7) is 11.6. The van der Waals surface area contributed by atoms with Crippen LogP contribution in [0.25, 0.3) is 11.3 Å². The van der Waals surface area contributed by atoms with Crippen molar-refractivity contribution in [1.29, 1.82) is 0 Å². The average Bonchev–Trinajstić information content (AvgIpc) is 3.85. The number of amides is 1. The Morgan fingerprint density at radius 3 is 2.59 bits per heavy atom. The van der Waals surface area contributed by atoms with E-state index in [2.05, 4.69) is 35.4 Å². The van der Waals surface area contributed by atoms with Gasteiger partial charge in [0.15, 0.2) is 11.6 Å². The van der Waals surface area contributed by atoms with Gasteiger partial charge in [-0.05, 0) is 79.5 Å². The summed E-state index contributed by atoms with van der Waals surface area (Å²) in [5, 5.41) is 36.6. The molecule has 3 fully saturated rings. The summed E-state index contributed by atoms with van der Waals surface area (Å²) in [6, 6.07) is 11.2. The molecule has 3 atom stereocenters. The van der Waals surface area contributed by atoms with Gasteiger partial charge in [0.25, 0.3) is 5.88 Å². The number of nitrogens with zero attached hydrogens (tertiary/aromatic N) is 9. The third-order valence-corrected chi connectivity index (χ3v) is 11.3. The SMILES string of the molecule is CC(C)C(C(=O)N1CC[C@@H](O)C1)c1cc(OCCCN2CCC(c3cnc(N4CCN5c6cc(-c7ccccc7O)nnc6NC[C@@H]5C4)nc3)CC2)no1. The number of fused-ring (bicyclic) bond motifs is 3. The quantitative estimate of drug-likeness (QED) is 0.190. The number of nitrogens with one attached hydrogen (secondary N) is 1. The Balaban J connectivity index is 0.780. The maximum absolute atomic E-state index is 13.2. The lowest BCUT2D eigenvalue weighted by Gasteiger charge is -2.45. The molecule has 15 heteroatoms. The Labute approximate surface area is 315 Å². The van der Waals surface area contributed by atoms with Gasteiger partial charge in [0.2, 0.25) is 11.9 Å². The summed E-state index contributed by atoms with van der Waals surface area (Å²) in [5.41, 5.74) is 3.52. The molecule has 0 bridgehead atoms. The maximum atomic E-state index is 13.2. The normalized spacial score (nSPS) is 21.1. The van der Waals surface area contributed by atoms with E-state index in [1.54, 1.807) is 23.1 Å². The van der Waals surface area contributed by atoms with Gasteiger partial charge in [-0.2, -0.15) is 0 Å². The van der Waals surface area contributed by atoms with Crippen molar-refractivity contribution >= 4 is 23.4 Å². The van der Waals surface area contributed by atoms with Crippen molar-refractivity contribution < 1.29 is 24.3 Å². The largest absolute Gasteiger partial charge is 0.507 e. The molecule has 1 amide bonds. The van der Waals surface area contributed by atoms with Gasteiger partial charge in [-0.1, -0.05) is 26.0 Å². The molecule has 4 aromatic rings. The van der Waals surface area contributed by atoms with Gasteiger partial charge in [-0.25, -0.2) is 9.97 Å². The Kier molecular flexibility index (Phi) is 10.5. The molecule has 1 aromatic carbocycles. The number of piperidine rings is 1. The number of phenols is 1. The number of aliphatic hydroxyl groups is 1. The average molecular weight is 739 g/mol. The summed E-state index contributed by atoms with van der Waals surface area (Å²) in [6.07, 6.45) is 7.17. The summed E-state index contributed by atoms with van der Waals surface area (Å²) >= 11 is 0. The van der Waals surface area contributed by atoms with E-state index >= 15 is 0 Å². The standard InChI is InChI=1S/C39H50N10O5/c1-25(2)36(38(52)47-14-10-29(50)24-47)34-19-35(45-54-34)53-17-5-11-46-12-8-26(9-13-46)27-20-41-39(42-21-27)48-15-16-49-28(23-48)22-40-37-32(49)18-31(43-44-37)30-6-3-4-7-33(30)51/h3-4,6-7,18-21,25-26,28-29,36,50-51H,5,8-17,22-24H2,1-2H3,(H,40,44)/t28-,29-,36?/m1/s1. The number of carbonyl (C=O) groups is 1. The van der Waals surface area contributed by atoms with E-state index in [4.69, 9.17) is 19.2 Å². The van der Waals surface area contributed by atoms with Crippen molar-refractivity contribution in [3.63, 3.8) is 0 Å². The number of carbonyl (C=O) groups excluding carboxylic acids is 1. The molecule has 0 spiro atoms. The van der Waals surface area contributed by atoms with Crippen molar-refractivity contribution in [3.8, 4) is 22.9 Å². The number of anilines is 3. The van der Waals surface area contributed by atoms with Crippen LogP contribution in [0.3, 0.4) is 0 Å². The zero-order valence-electron chi connectivity index (χ0n) is 31.0. The number of piperazine rings is 1. The van der Waals surface area contributed by atoms with Crippen LogP contribution in [0.4, 0.5) is 17.5 Å². The fourth-order valence-electron chi connectivity index (χ4n) is 8.31. The second-order valence-corrected chi connectivity index (χ2v) is 15.3. The number of aromatic nitrogens is 5. The smallest absolute Gasteiger partial charge is 0.254 e. The minimum atomic E-state index is -0.457. The van der Waals surface area contributed by atoms with Crippen LogP contribution in [0.5, 0.6) is 11.6 Å². The number of aromatic hydroxyl groups is 1. The van der Waals surface area contributed by atoms with Crippen LogP contribution in [0, 0.1) is 5.92 Å². The van der Waals surface area contributed by atoms with Crippen LogP contribution in [-0.4, -0.2) is 129 Å². The van der Waals surface area contributed by atoms with E-state index in [0.717, 1.165) is 82.5 Å². The Morgan fingerprint density at radius 2 is 1.83 bits per heavy atom. The molecule has 7 heterocycles. The molecular formula is C39H50N10O5. The van der Waals surface area contributed by atoms with E-state index in [1.165, 1.54) is 5.56 Å². The van der Waals surface area contributed by atoms with E-state index in [1.807, 2.05) is 44.4 Å². The van der Waals surface area contributed by atoms with E-state index in [-0.39, 0.29) is 23.6 Å². The van der Waals surface area contributed by atoms with Crippen LogP contribution < -0.4 is 19.9 Å². The van der Waals surface area contributed by atoms with Crippen molar-refractivity contribution in [3.05, 3.63) is 60.1 Å². The Bertz CT molecular complexity index is 1900. The number of phenolic OH excluding ortho intramolecular Hbond substituents is 1. The maximum Gasteiger partial charge on any atom is 0.254 e. The molecule has 4 aliphatic rings. The minimum absolute atomic E-state index is 0.0305. The highest BCUT2D eigenvalue weighted by atomic mass is 16.5. The first-order valence-electron chi connectivity index (χ1n) is 19.3. The van der Waals surface area contributed by atoms with Crippen molar-refractivity contribution in [2.45, 2.75) is 63.5 Å². The molecule has 3 N–H and O–H groups in total. The fraction of sp³-hybridized carbons (Fsp3) is 0.538. The van der Waals surface area contributed by atoms with Crippen molar-refractivity contribution in [1.82, 2.24) is 35.1 Å². The lowest BCUT2D eigenvalue weighted by atomic mass is 9.91. The Morgan fingerprint density at radius 1 is 1.02 bits per heavy atom. The van der Waals surface area contributed by atoms with Crippen LogP contribution in [0.15, 0.2) is 53.3 Å². The van der Waals surface area contributed by atoms with E-state index in [9.17, 15) is 15.0 Å². The molecule has 3 aromatic heterocycles. The third-order valence-electron chi connectivity index (χ3n) is 11.3. The molecule has 0 aliphatic carbocycles. The highest BCUT2D eigenvalue weighted by molar-refractivity contribution is 5.83. The highest BCUT2D eigenvalue weighted by Gasteiger charge is 2.36. The molecule has 8 rings (SSSR count). The predicted molar refractivity (Wildman–Crippen MR) is 203 cm³/mol. The van der Waals surface area contributed by atoms with Crippen LogP contribution in [-0.2, 0) is 4.79 Å². The topological polar surface area (TPSA) is 169 Å². The number of β-amino-alcohol motifs (C(OH)–C–C–N with tert-alkyl or cyclic N) is 1. The number of aliphatic hydroxyl groups excluding tert-OH is 1. The van der Waals surface area contributed by atoms with Crippen molar-refractivity contribution in [2.24, 2.45) is 5.92 Å². The van der Waals surface area contributed by atoms with Gasteiger partial charge < -0.3 is 44.4 Å². The lowest BCUT2D eigenvalue weighted by molar-refractivity contribution is -0.133. The number of hydrogen-bond acceptors (Lipinski definition) is 14. The van der Waals surface area contributed by atoms with Crippen molar-refractivity contribution in [2.75, 3.05) is 80.6 Å². The minimum Gasteiger partial charge on any atom is -0.507 e. The number of para-hydroxylation sites is 1. The van der Waals surface area contributed by atoms with E-state index < -0.39 is 12.0 Å². The number of benzene rings is 1. The second kappa shape index (κ2) is 15.8. The highest BCUT2D eigenvalue weighted by Crippen LogP contribution is 2.37. The molecular weight excluding hydrogens is 688 g/mol. The summed E-state index contributed by atoms with van der Waals surface area (Å²) in [4.78, 5) is 31.7. The number of ether oxygens (including phenoxy) is 1. The summed E-state index contributed by atoms with van der Waals surface area (Å²) in [5.74, 6) is 2.63. The fourth-order valence-corrected chi connectivity index (χ4v) is 8.31. The molecule has 54 heavy (non-hydrogen) atoms. The molecule has 0 radical (unpaired) electrons. The first-order chi connectivity index (χ1) is 26.3. The molecule has 4 aliphatic heterocycles. The Hall–Kier alpha value is -5.02. The second-order valence-electron chi connectivity index (χ2n) is 15.3. The molecule has 286 valence electrons. The van der Waals surface area contributed by atoms with Gasteiger partial charge in [0.1, 0.15) is 11.7 Å². The van der Waals surface area contributed by atoms with Gasteiger partial charge in [-0.3, -0.25) is 4.79 Å². The van der Waals surface area contributed by atoms with Gasteiger partial charge in [0.05, 0.1) is 30.1 Å². The van der Waals surface area contributed by atoms with Crippen LogP contribution >= 0.6 is 0 Å². The van der Waals surface area contributed by atoms with E-state index in [0.29, 0.717) is 54.9 Å². The first kappa shape index (κ1) is 36.0. The summed E-state index contributed by atoms with van der Waals surface area (Å²) < 4.78 is 11.5. The molecule has 3 saturated heterocycles. The predicted octanol–water partition coefficient (Wildman–Crippen LogP) is 3.73. The first-order valence-corrected chi connectivity index (χ1v) is 19.3. The van der Waals surface area contributed by atoms with Gasteiger partial charge in [-0.15, -0.1) is 10.2 Å². The summed E-state index contributed by atoms with van der Waals surface area (Å²) in [7, 11) is 0. The van der Waals surface area contributed by atoms with Gasteiger partial charge in [0, 0.05) is 69.8 Å². The van der Waals surface area contributed by atoms with Crippen LogP contribution in [0.2, 0.25) is 0 Å².